The van der Waals surface area contributed by atoms with Gasteiger partial charge in [-0.15, -0.1) is 0 Å². The first-order valence-corrected chi connectivity index (χ1v) is 6.23. The summed E-state index contributed by atoms with van der Waals surface area (Å²) in [6.45, 7) is 1.33. The second-order valence-corrected chi connectivity index (χ2v) is 4.23. The van der Waals surface area contributed by atoms with Crippen LogP contribution in [0, 0.1) is 0 Å². The van der Waals surface area contributed by atoms with Crippen molar-refractivity contribution in [3.63, 3.8) is 0 Å². The highest BCUT2D eigenvalue weighted by Crippen LogP contribution is 2.16. The highest BCUT2D eigenvalue weighted by atomic mass is 32.2. The van der Waals surface area contributed by atoms with Crippen molar-refractivity contribution in [2.45, 2.75) is 24.3 Å². The molecule has 0 radical (unpaired) electrons. The summed E-state index contributed by atoms with van der Waals surface area (Å²) in [5, 5.41) is 22.4. The van der Waals surface area contributed by atoms with Crippen LogP contribution in [0.3, 0.4) is 0 Å². The maximum absolute atomic E-state index is 10.7. The number of amides is 1. The lowest BCUT2D eigenvalue weighted by Gasteiger charge is -2.17. The molecule has 2 atom stereocenters. The molecule has 1 heterocycles. The topological polar surface area (TPSA) is 95.3 Å². The molecule has 6 nitrogen and oxygen atoms in total. The van der Waals surface area contributed by atoms with E-state index in [1.54, 1.807) is 0 Å². The first-order chi connectivity index (χ1) is 8.04. The predicted molar refractivity (Wildman–Crippen MR) is 63.5 cm³/mol. The number of carbonyl (C=O) groups excluding carboxylic acids is 1. The molecule has 3 N–H and O–H groups in total. The second kappa shape index (κ2) is 6.53. The molecule has 0 aliphatic rings. The standard InChI is InChI=1S/C10H15N3O3S/c1-6(14)11-5-8(15)9(16)7-3-12-10(17-2)13-4-7/h3-4,8-9,15-16H,5H2,1-2H3,(H,11,14). The largest absolute Gasteiger partial charge is 0.388 e. The minimum Gasteiger partial charge on any atom is -0.388 e. The van der Waals surface area contributed by atoms with Gasteiger partial charge in [-0.05, 0) is 6.26 Å². The van der Waals surface area contributed by atoms with Crippen LogP contribution in [0.25, 0.3) is 0 Å². The zero-order chi connectivity index (χ0) is 12.8. The lowest BCUT2D eigenvalue weighted by Crippen LogP contribution is -2.34. The Labute approximate surface area is 103 Å². The van der Waals surface area contributed by atoms with E-state index in [0.29, 0.717) is 10.7 Å². The number of nitrogens with zero attached hydrogens (tertiary/aromatic N) is 2. The molecular formula is C10H15N3O3S. The number of hydrogen-bond donors (Lipinski definition) is 3. The van der Waals surface area contributed by atoms with Crippen LogP contribution in [-0.2, 0) is 4.79 Å². The van der Waals surface area contributed by atoms with Crippen LogP contribution in [-0.4, -0.2) is 45.0 Å². The van der Waals surface area contributed by atoms with Crippen LogP contribution >= 0.6 is 11.8 Å². The Morgan fingerprint density at radius 2 is 2.06 bits per heavy atom. The van der Waals surface area contributed by atoms with Crippen LogP contribution in [0.2, 0.25) is 0 Å². The molecule has 2 unspecified atom stereocenters. The van der Waals surface area contributed by atoms with Gasteiger partial charge < -0.3 is 15.5 Å². The van der Waals surface area contributed by atoms with Gasteiger partial charge >= 0.3 is 0 Å². The van der Waals surface area contributed by atoms with E-state index in [0.717, 1.165) is 0 Å². The summed E-state index contributed by atoms with van der Waals surface area (Å²) in [5.74, 6) is -0.259. The first-order valence-electron chi connectivity index (χ1n) is 5.01. The number of aromatic nitrogens is 2. The van der Waals surface area contributed by atoms with Gasteiger partial charge in [0, 0.05) is 31.4 Å². The number of aliphatic hydroxyl groups is 2. The molecule has 0 bridgehead atoms. The molecule has 7 heteroatoms. The van der Waals surface area contributed by atoms with E-state index in [-0.39, 0.29) is 12.5 Å². The molecule has 0 saturated heterocycles. The molecule has 1 amide bonds. The van der Waals surface area contributed by atoms with Crippen LogP contribution in [0.1, 0.15) is 18.6 Å². The Morgan fingerprint density at radius 3 is 2.53 bits per heavy atom. The van der Waals surface area contributed by atoms with Crippen molar-refractivity contribution in [3.05, 3.63) is 18.0 Å². The summed E-state index contributed by atoms with van der Waals surface area (Å²) in [5.41, 5.74) is 0.417. The predicted octanol–water partition coefficient (Wildman–Crippen LogP) is -0.271. The van der Waals surface area contributed by atoms with Gasteiger partial charge in [0.2, 0.25) is 5.91 Å². The Balaban J connectivity index is 2.60. The highest BCUT2D eigenvalue weighted by Gasteiger charge is 2.19. The Kier molecular flexibility index (Phi) is 5.33. The lowest BCUT2D eigenvalue weighted by molar-refractivity contribution is -0.119. The van der Waals surface area contributed by atoms with E-state index in [2.05, 4.69) is 15.3 Å². The molecule has 0 aromatic carbocycles. The lowest BCUT2D eigenvalue weighted by atomic mass is 10.1. The molecule has 0 aliphatic carbocycles. The normalized spacial score (nSPS) is 14.1. The van der Waals surface area contributed by atoms with Gasteiger partial charge in [0.05, 0.1) is 0 Å². The molecule has 94 valence electrons. The van der Waals surface area contributed by atoms with E-state index in [1.165, 1.54) is 31.1 Å². The third-order valence-electron chi connectivity index (χ3n) is 2.10. The van der Waals surface area contributed by atoms with Crippen molar-refractivity contribution in [2.75, 3.05) is 12.8 Å². The van der Waals surface area contributed by atoms with Crippen molar-refractivity contribution in [1.82, 2.24) is 15.3 Å². The summed E-state index contributed by atoms with van der Waals surface area (Å²) < 4.78 is 0. The van der Waals surface area contributed by atoms with E-state index >= 15 is 0 Å². The summed E-state index contributed by atoms with van der Waals surface area (Å²) in [6.07, 6.45) is 2.57. The number of carbonyl (C=O) groups is 1. The number of thioether (sulfide) groups is 1. The van der Waals surface area contributed by atoms with Crippen LogP contribution < -0.4 is 5.32 Å². The highest BCUT2D eigenvalue weighted by molar-refractivity contribution is 7.98. The number of aliphatic hydroxyl groups excluding tert-OH is 2. The van der Waals surface area contributed by atoms with Crippen LogP contribution in [0.5, 0.6) is 0 Å². The minimum absolute atomic E-state index is 0.0131. The SMILES string of the molecule is CSc1ncc(C(O)C(O)CNC(C)=O)cn1. The number of rotatable bonds is 5. The zero-order valence-electron chi connectivity index (χ0n) is 9.62. The maximum atomic E-state index is 10.7. The minimum atomic E-state index is -1.11. The van der Waals surface area contributed by atoms with Gasteiger partial charge in [-0.1, -0.05) is 11.8 Å². The van der Waals surface area contributed by atoms with Crippen molar-refractivity contribution in [3.8, 4) is 0 Å². The molecule has 17 heavy (non-hydrogen) atoms. The van der Waals surface area contributed by atoms with E-state index in [9.17, 15) is 15.0 Å². The molecule has 1 rings (SSSR count). The Morgan fingerprint density at radius 1 is 1.47 bits per heavy atom. The summed E-state index contributed by atoms with van der Waals surface area (Å²) in [7, 11) is 0. The van der Waals surface area contributed by atoms with Crippen molar-refractivity contribution in [2.24, 2.45) is 0 Å². The van der Waals surface area contributed by atoms with Gasteiger partial charge in [0.15, 0.2) is 5.16 Å². The van der Waals surface area contributed by atoms with Gasteiger partial charge in [-0.3, -0.25) is 4.79 Å². The number of hydrogen-bond acceptors (Lipinski definition) is 6. The first kappa shape index (κ1) is 13.9. The molecule has 1 aromatic heterocycles. The fourth-order valence-electron chi connectivity index (χ4n) is 1.17. The quantitative estimate of drug-likeness (QED) is 0.496. The van der Waals surface area contributed by atoms with E-state index in [4.69, 9.17) is 0 Å². The molecule has 0 saturated carbocycles. The monoisotopic (exact) mass is 257 g/mol. The summed E-state index contributed by atoms with van der Waals surface area (Å²) in [6, 6.07) is 0. The zero-order valence-corrected chi connectivity index (χ0v) is 10.4. The van der Waals surface area contributed by atoms with Crippen molar-refractivity contribution in [1.29, 1.82) is 0 Å². The van der Waals surface area contributed by atoms with Crippen molar-refractivity contribution >= 4 is 17.7 Å². The third-order valence-corrected chi connectivity index (χ3v) is 2.67. The molecule has 0 aliphatic heterocycles. The van der Waals surface area contributed by atoms with Crippen LogP contribution in [0.4, 0.5) is 0 Å². The maximum Gasteiger partial charge on any atom is 0.216 e. The fourth-order valence-corrected chi connectivity index (χ4v) is 1.48. The molecule has 0 spiro atoms. The average Bonchev–Trinajstić information content (AvgIpc) is 2.35. The molecule has 1 aromatic rings. The van der Waals surface area contributed by atoms with E-state index < -0.39 is 12.2 Å². The summed E-state index contributed by atoms with van der Waals surface area (Å²) >= 11 is 1.39. The average molecular weight is 257 g/mol. The fraction of sp³-hybridized carbons (Fsp3) is 0.500. The van der Waals surface area contributed by atoms with Gasteiger partial charge in [-0.25, -0.2) is 9.97 Å². The van der Waals surface area contributed by atoms with Crippen molar-refractivity contribution < 1.29 is 15.0 Å². The smallest absolute Gasteiger partial charge is 0.216 e. The van der Waals surface area contributed by atoms with E-state index in [1.807, 2.05) is 6.26 Å². The summed E-state index contributed by atoms with van der Waals surface area (Å²) in [4.78, 5) is 18.6. The molecular weight excluding hydrogens is 242 g/mol. The number of nitrogens with one attached hydrogen (secondary N) is 1. The second-order valence-electron chi connectivity index (χ2n) is 3.45. The van der Waals surface area contributed by atoms with Crippen LogP contribution in [0.15, 0.2) is 17.6 Å². The van der Waals surface area contributed by atoms with Gasteiger partial charge in [-0.2, -0.15) is 0 Å². The molecule has 0 fully saturated rings. The van der Waals surface area contributed by atoms with Gasteiger partial charge in [0.1, 0.15) is 12.2 Å². The third kappa shape index (κ3) is 4.29. The van der Waals surface area contributed by atoms with Gasteiger partial charge in [0.25, 0.3) is 0 Å². The Hall–Kier alpha value is -1.18. The Bertz CT molecular complexity index is 372.